The van der Waals surface area contributed by atoms with Crippen molar-refractivity contribution in [1.29, 1.82) is 0 Å². The van der Waals surface area contributed by atoms with E-state index < -0.39 is 0 Å². The first-order chi connectivity index (χ1) is 10.3. The lowest BCUT2D eigenvalue weighted by Crippen LogP contribution is -1.96. The Labute approximate surface area is 125 Å². The average Bonchev–Trinajstić information content (AvgIpc) is 3.17. The molecule has 2 aromatic heterocycles. The second-order valence-corrected chi connectivity index (χ2v) is 5.47. The maximum Gasteiger partial charge on any atom is 0.348 e. The van der Waals surface area contributed by atoms with Crippen LogP contribution in [0.1, 0.15) is 20.4 Å². The average molecular weight is 300 g/mol. The molecule has 3 aromatic rings. The number of carbonyl (C=O) groups excluding carboxylic acids is 1. The number of aromatic nitrogens is 2. The quantitative estimate of drug-likeness (QED) is 0.692. The lowest BCUT2D eigenvalue weighted by Gasteiger charge is -1.93. The Morgan fingerprint density at radius 1 is 1.19 bits per heavy atom. The highest BCUT2D eigenvalue weighted by Crippen LogP contribution is 2.22. The second kappa shape index (κ2) is 5.88. The van der Waals surface area contributed by atoms with Crippen molar-refractivity contribution in [2.45, 2.75) is 6.42 Å². The molecule has 0 aliphatic heterocycles. The van der Waals surface area contributed by atoms with E-state index in [1.54, 1.807) is 6.07 Å². The largest absolute Gasteiger partial charge is 0.465 e. The SMILES string of the molecule is COC(=O)c1ccc(Cc2nnc(-c3ccccc3)o2)s1. The standard InChI is InChI=1S/C15H12N2O3S/c1-19-15(18)12-8-7-11(21-12)9-13-16-17-14(20-13)10-5-3-2-4-6-10/h2-8H,9H2,1H3. The van der Waals surface area contributed by atoms with Gasteiger partial charge in [-0.1, -0.05) is 18.2 Å². The predicted octanol–water partition coefficient (Wildman–Crippen LogP) is 3.18. The van der Waals surface area contributed by atoms with Crippen LogP contribution in [0.25, 0.3) is 11.5 Å². The highest BCUT2D eigenvalue weighted by atomic mass is 32.1. The summed E-state index contributed by atoms with van der Waals surface area (Å²) >= 11 is 1.36. The third-order valence-corrected chi connectivity index (χ3v) is 3.93. The second-order valence-electron chi connectivity index (χ2n) is 4.30. The van der Waals surface area contributed by atoms with Gasteiger partial charge in [-0.25, -0.2) is 4.79 Å². The molecule has 0 bridgehead atoms. The fraction of sp³-hybridized carbons (Fsp3) is 0.133. The van der Waals surface area contributed by atoms with Crippen molar-refractivity contribution in [2.75, 3.05) is 7.11 Å². The molecule has 106 valence electrons. The van der Waals surface area contributed by atoms with Crippen LogP contribution in [0.3, 0.4) is 0 Å². The maximum atomic E-state index is 11.4. The number of nitrogens with zero attached hydrogens (tertiary/aromatic N) is 2. The molecule has 0 aliphatic rings. The van der Waals surface area contributed by atoms with Gasteiger partial charge in [0.25, 0.3) is 0 Å². The third-order valence-electron chi connectivity index (χ3n) is 2.86. The van der Waals surface area contributed by atoms with Crippen LogP contribution in [0.4, 0.5) is 0 Å². The Morgan fingerprint density at radius 2 is 2.00 bits per heavy atom. The minimum absolute atomic E-state index is 0.332. The molecule has 0 aliphatic carbocycles. The summed E-state index contributed by atoms with van der Waals surface area (Å²) in [7, 11) is 1.37. The van der Waals surface area contributed by atoms with E-state index in [2.05, 4.69) is 14.9 Å². The fourth-order valence-electron chi connectivity index (χ4n) is 1.85. The molecule has 0 saturated carbocycles. The van der Waals surface area contributed by atoms with Gasteiger partial charge in [0.1, 0.15) is 4.88 Å². The summed E-state index contributed by atoms with van der Waals surface area (Å²) < 4.78 is 10.3. The number of ether oxygens (including phenoxy) is 1. The number of carbonyl (C=O) groups is 1. The van der Waals surface area contributed by atoms with E-state index in [9.17, 15) is 4.79 Å². The Bertz CT molecular complexity index is 749. The van der Waals surface area contributed by atoms with Gasteiger partial charge in [-0.3, -0.25) is 0 Å². The molecule has 0 N–H and O–H groups in total. The summed E-state index contributed by atoms with van der Waals surface area (Å²) in [6.45, 7) is 0. The predicted molar refractivity (Wildman–Crippen MR) is 78.2 cm³/mol. The van der Waals surface area contributed by atoms with Crippen LogP contribution in [0.15, 0.2) is 46.9 Å². The van der Waals surface area contributed by atoms with Crippen molar-refractivity contribution in [3.63, 3.8) is 0 Å². The van der Waals surface area contributed by atoms with Crippen molar-refractivity contribution in [3.8, 4) is 11.5 Å². The van der Waals surface area contributed by atoms with Crippen LogP contribution in [-0.2, 0) is 11.2 Å². The smallest absolute Gasteiger partial charge is 0.348 e. The van der Waals surface area contributed by atoms with Crippen molar-refractivity contribution in [3.05, 3.63) is 58.1 Å². The van der Waals surface area contributed by atoms with Gasteiger partial charge in [0.05, 0.1) is 13.5 Å². The highest BCUT2D eigenvalue weighted by Gasteiger charge is 2.13. The molecule has 0 atom stereocenters. The van der Waals surface area contributed by atoms with Crippen LogP contribution in [0, 0.1) is 0 Å². The van der Waals surface area contributed by atoms with E-state index >= 15 is 0 Å². The summed E-state index contributed by atoms with van der Waals surface area (Å²) in [5, 5.41) is 8.07. The topological polar surface area (TPSA) is 65.2 Å². The first kappa shape index (κ1) is 13.5. The van der Waals surface area contributed by atoms with Crippen molar-refractivity contribution in [2.24, 2.45) is 0 Å². The molecule has 3 rings (SSSR count). The molecular weight excluding hydrogens is 288 g/mol. The molecule has 1 aromatic carbocycles. The first-order valence-electron chi connectivity index (χ1n) is 6.31. The zero-order chi connectivity index (χ0) is 14.7. The zero-order valence-electron chi connectivity index (χ0n) is 11.3. The number of hydrogen-bond acceptors (Lipinski definition) is 6. The zero-order valence-corrected chi connectivity index (χ0v) is 12.1. The maximum absolute atomic E-state index is 11.4. The van der Waals surface area contributed by atoms with Crippen LogP contribution in [-0.4, -0.2) is 23.3 Å². The Morgan fingerprint density at radius 3 is 2.76 bits per heavy atom. The monoisotopic (exact) mass is 300 g/mol. The summed E-state index contributed by atoms with van der Waals surface area (Å²) in [6.07, 6.45) is 0.501. The molecule has 6 heteroatoms. The van der Waals surface area contributed by atoms with Gasteiger partial charge in [0, 0.05) is 10.4 Å². The van der Waals surface area contributed by atoms with E-state index in [4.69, 9.17) is 4.42 Å². The minimum atomic E-state index is -0.332. The number of hydrogen-bond donors (Lipinski definition) is 0. The van der Waals surface area contributed by atoms with Gasteiger partial charge in [0.15, 0.2) is 0 Å². The molecule has 21 heavy (non-hydrogen) atoms. The number of esters is 1. The highest BCUT2D eigenvalue weighted by molar-refractivity contribution is 7.13. The lowest BCUT2D eigenvalue weighted by molar-refractivity contribution is 0.0606. The molecule has 0 saturated heterocycles. The van der Waals surface area contributed by atoms with Crippen molar-refractivity contribution >= 4 is 17.3 Å². The first-order valence-corrected chi connectivity index (χ1v) is 7.13. The van der Waals surface area contributed by atoms with E-state index in [0.717, 1.165) is 10.4 Å². The normalized spacial score (nSPS) is 10.5. The molecule has 2 heterocycles. The Balaban J connectivity index is 1.76. The van der Waals surface area contributed by atoms with Crippen LogP contribution >= 0.6 is 11.3 Å². The van der Waals surface area contributed by atoms with E-state index in [-0.39, 0.29) is 5.97 Å². The summed E-state index contributed by atoms with van der Waals surface area (Å²) in [5.74, 6) is 0.684. The van der Waals surface area contributed by atoms with E-state index in [0.29, 0.717) is 23.1 Å². The summed E-state index contributed by atoms with van der Waals surface area (Å²) in [4.78, 5) is 12.9. The fourth-order valence-corrected chi connectivity index (χ4v) is 2.77. The number of rotatable bonds is 4. The Kier molecular flexibility index (Phi) is 3.79. The molecule has 5 nitrogen and oxygen atoms in total. The van der Waals surface area contributed by atoms with Gasteiger partial charge in [0.2, 0.25) is 11.8 Å². The van der Waals surface area contributed by atoms with Crippen molar-refractivity contribution in [1.82, 2.24) is 10.2 Å². The van der Waals surface area contributed by atoms with Gasteiger partial charge >= 0.3 is 5.97 Å². The van der Waals surface area contributed by atoms with E-state index in [1.807, 2.05) is 36.4 Å². The van der Waals surface area contributed by atoms with Gasteiger partial charge in [-0.2, -0.15) is 0 Å². The summed E-state index contributed by atoms with van der Waals surface area (Å²) in [6, 6.07) is 13.2. The lowest BCUT2D eigenvalue weighted by atomic mass is 10.2. The molecule has 0 radical (unpaired) electrons. The molecule has 0 unspecified atom stereocenters. The summed E-state index contributed by atoms with van der Waals surface area (Å²) in [5.41, 5.74) is 0.887. The Hall–Kier alpha value is -2.47. The van der Waals surface area contributed by atoms with Crippen LogP contribution in [0.2, 0.25) is 0 Å². The van der Waals surface area contributed by atoms with Crippen LogP contribution < -0.4 is 0 Å². The molecular formula is C15H12N2O3S. The molecule has 0 fully saturated rings. The van der Waals surface area contributed by atoms with Crippen molar-refractivity contribution < 1.29 is 13.9 Å². The van der Waals surface area contributed by atoms with Crippen LogP contribution in [0.5, 0.6) is 0 Å². The number of thiophene rings is 1. The number of methoxy groups -OCH3 is 1. The molecule has 0 amide bonds. The van der Waals surface area contributed by atoms with Gasteiger partial charge in [-0.15, -0.1) is 21.5 Å². The van der Waals surface area contributed by atoms with E-state index in [1.165, 1.54) is 18.4 Å². The number of benzene rings is 1. The van der Waals surface area contributed by atoms with Gasteiger partial charge in [-0.05, 0) is 24.3 Å². The minimum Gasteiger partial charge on any atom is -0.465 e. The molecule has 0 spiro atoms. The third kappa shape index (κ3) is 3.00. The van der Waals surface area contributed by atoms with Gasteiger partial charge < -0.3 is 9.15 Å².